The smallest absolute Gasteiger partial charge is 0.295 e. The van der Waals surface area contributed by atoms with Crippen molar-refractivity contribution in [1.29, 1.82) is 0 Å². The third-order valence-corrected chi connectivity index (χ3v) is 6.75. The summed E-state index contributed by atoms with van der Waals surface area (Å²) < 4.78 is 18.8. The van der Waals surface area contributed by atoms with Crippen molar-refractivity contribution < 1.29 is 18.7 Å². The van der Waals surface area contributed by atoms with E-state index in [1.807, 2.05) is 49.4 Å². The Morgan fingerprint density at radius 1 is 0.944 bits per heavy atom. The number of rotatable bonds is 8. The predicted molar refractivity (Wildman–Crippen MR) is 143 cm³/mol. The van der Waals surface area contributed by atoms with Crippen LogP contribution in [0.2, 0.25) is 0 Å². The maximum atomic E-state index is 13.7. The Labute approximate surface area is 217 Å². The molecule has 3 aromatic carbocycles. The van der Waals surface area contributed by atoms with Crippen LogP contribution in [0.1, 0.15) is 54.4 Å². The number of hydrogen-bond donors (Lipinski definition) is 0. The van der Waals surface area contributed by atoms with Crippen LogP contribution >= 0.6 is 15.9 Å². The lowest BCUT2D eigenvalue weighted by atomic mass is 9.97. The molecule has 0 saturated heterocycles. The van der Waals surface area contributed by atoms with Gasteiger partial charge in [0.1, 0.15) is 5.58 Å². The highest BCUT2D eigenvalue weighted by Crippen LogP contribution is 2.43. The van der Waals surface area contributed by atoms with Crippen molar-refractivity contribution in [3.63, 3.8) is 0 Å². The monoisotopic (exact) mass is 547 g/mol. The molecule has 0 radical (unpaired) electrons. The van der Waals surface area contributed by atoms with Crippen LogP contribution in [-0.2, 0) is 0 Å². The second-order valence-corrected chi connectivity index (χ2v) is 9.48. The van der Waals surface area contributed by atoms with Crippen molar-refractivity contribution >= 4 is 38.5 Å². The number of carbonyl (C=O) groups excluding carboxylic acids is 1. The predicted octanol–water partition coefficient (Wildman–Crippen LogP) is 6.88. The first-order valence-electron chi connectivity index (χ1n) is 12.1. The molecule has 0 aliphatic carbocycles. The molecule has 184 valence electrons. The molecule has 0 fully saturated rings. The number of ether oxygens (including phenoxy) is 2. The first kappa shape index (κ1) is 24.1. The zero-order valence-electron chi connectivity index (χ0n) is 20.1. The number of benzene rings is 3. The van der Waals surface area contributed by atoms with Crippen molar-refractivity contribution in [3.05, 3.63) is 98.3 Å². The molecule has 1 aliphatic heterocycles. The molecule has 1 atom stereocenters. The van der Waals surface area contributed by atoms with Crippen molar-refractivity contribution in [3.8, 4) is 11.5 Å². The minimum Gasteiger partial charge on any atom is -0.490 e. The Kier molecular flexibility index (Phi) is 6.83. The summed E-state index contributed by atoms with van der Waals surface area (Å²) in [5.41, 5.74) is 1.89. The van der Waals surface area contributed by atoms with Gasteiger partial charge in [-0.3, -0.25) is 14.5 Å². The largest absolute Gasteiger partial charge is 0.490 e. The Bertz CT molecular complexity index is 1480. The highest BCUT2D eigenvalue weighted by Gasteiger charge is 2.43. The van der Waals surface area contributed by atoms with Gasteiger partial charge in [0.05, 0.1) is 30.2 Å². The van der Waals surface area contributed by atoms with Gasteiger partial charge in [0.15, 0.2) is 16.9 Å². The number of anilines is 1. The number of halogens is 1. The second-order valence-electron chi connectivity index (χ2n) is 8.57. The second kappa shape index (κ2) is 10.2. The Balaban J connectivity index is 1.70. The van der Waals surface area contributed by atoms with Crippen LogP contribution in [0.15, 0.2) is 80.4 Å². The fraction of sp³-hybridized carbons (Fsp3) is 0.241. The van der Waals surface area contributed by atoms with Crippen LogP contribution in [0.25, 0.3) is 11.0 Å². The summed E-state index contributed by atoms with van der Waals surface area (Å²) >= 11 is 3.46. The topological polar surface area (TPSA) is 69.0 Å². The molecule has 1 unspecified atom stereocenters. The van der Waals surface area contributed by atoms with E-state index in [0.717, 1.165) is 22.9 Å². The number of para-hydroxylation sites is 1. The van der Waals surface area contributed by atoms with E-state index in [0.29, 0.717) is 46.9 Å². The minimum absolute atomic E-state index is 0.0628. The van der Waals surface area contributed by atoms with Gasteiger partial charge in [-0.2, -0.15) is 0 Å². The molecule has 2 heterocycles. The normalized spacial score (nSPS) is 14.8. The summed E-state index contributed by atoms with van der Waals surface area (Å²) in [6.45, 7) is 5.06. The molecule has 36 heavy (non-hydrogen) atoms. The third kappa shape index (κ3) is 4.28. The van der Waals surface area contributed by atoms with Crippen molar-refractivity contribution in [2.75, 3.05) is 18.1 Å². The van der Waals surface area contributed by atoms with E-state index in [-0.39, 0.29) is 17.1 Å². The molecule has 5 rings (SSSR count). The summed E-state index contributed by atoms with van der Waals surface area (Å²) in [4.78, 5) is 29.1. The zero-order chi connectivity index (χ0) is 25.2. The standard InChI is InChI=1S/C29H26BrNO5/c1-3-5-16-35-23-15-10-18(17-24(23)34-4-2)26-25-27(32)21-8-6-7-9-22(21)36-28(25)29(33)31(26)20-13-11-19(30)12-14-20/h6-15,17,26H,3-5,16H2,1-2H3. The Morgan fingerprint density at radius 3 is 2.47 bits per heavy atom. The summed E-state index contributed by atoms with van der Waals surface area (Å²) in [6, 6.07) is 19.3. The highest BCUT2D eigenvalue weighted by molar-refractivity contribution is 9.10. The SMILES string of the molecule is CCCCOc1ccc(C2c3c(oc4ccccc4c3=O)C(=O)N2c2ccc(Br)cc2)cc1OCC. The number of amides is 1. The van der Waals surface area contributed by atoms with E-state index in [2.05, 4.69) is 22.9 Å². The van der Waals surface area contributed by atoms with E-state index in [4.69, 9.17) is 13.9 Å². The van der Waals surface area contributed by atoms with Crippen LogP contribution in [0.4, 0.5) is 5.69 Å². The number of unbranched alkanes of at least 4 members (excludes halogenated alkanes) is 1. The lowest BCUT2D eigenvalue weighted by Crippen LogP contribution is -2.29. The zero-order valence-corrected chi connectivity index (χ0v) is 21.7. The lowest BCUT2D eigenvalue weighted by molar-refractivity contribution is 0.0971. The van der Waals surface area contributed by atoms with Gasteiger partial charge in [-0.15, -0.1) is 0 Å². The molecule has 1 aromatic heterocycles. The van der Waals surface area contributed by atoms with Crippen molar-refractivity contribution in [2.45, 2.75) is 32.7 Å². The maximum absolute atomic E-state index is 13.7. The van der Waals surface area contributed by atoms with Gasteiger partial charge in [0.2, 0.25) is 5.76 Å². The van der Waals surface area contributed by atoms with Gasteiger partial charge < -0.3 is 13.9 Å². The fourth-order valence-electron chi connectivity index (χ4n) is 4.51. The van der Waals surface area contributed by atoms with E-state index >= 15 is 0 Å². The summed E-state index contributed by atoms with van der Waals surface area (Å²) in [7, 11) is 0. The maximum Gasteiger partial charge on any atom is 0.295 e. The first-order valence-corrected chi connectivity index (χ1v) is 12.9. The first-order chi connectivity index (χ1) is 17.5. The Morgan fingerprint density at radius 2 is 1.72 bits per heavy atom. The van der Waals surface area contributed by atoms with E-state index in [9.17, 15) is 9.59 Å². The van der Waals surface area contributed by atoms with Gasteiger partial charge in [-0.25, -0.2) is 0 Å². The van der Waals surface area contributed by atoms with E-state index in [1.54, 1.807) is 29.2 Å². The molecule has 0 spiro atoms. The molecule has 0 N–H and O–H groups in total. The van der Waals surface area contributed by atoms with Crippen LogP contribution in [-0.4, -0.2) is 19.1 Å². The molecular formula is C29H26BrNO5. The van der Waals surface area contributed by atoms with Gasteiger partial charge in [0.25, 0.3) is 5.91 Å². The fourth-order valence-corrected chi connectivity index (χ4v) is 4.78. The van der Waals surface area contributed by atoms with Gasteiger partial charge in [-0.1, -0.05) is 47.5 Å². The van der Waals surface area contributed by atoms with E-state index in [1.165, 1.54) is 0 Å². The summed E-state index contributed by atoms with van der Waals surface area (Å²) in [6.07, 6.45) is 1.96. The van der Waals surface area contributed by atoms with Gasteiger partial charge in [0, 0.05) is 10.2 Å². The summed E-state index contributed by atoms with van der Waals surface area (Å²) in [5.74, 6) is 0.918. The number of fused-ring (bicyclic) bond motifs is 2. The van der Waals surface area contributed by atoms with Gasteiger partial charge in [-0.05, 0) is 67.4 Å². The van der Waals surface area contributed by atoms with E-state index < -0.39 is 6.04 Å². The molecule has 1 amide bonds. The number of nitrogens with zero attached hydrogens (tertiary/aromatic N) is 1. The average molecular weight is 548 g/mol. The molecule has 1 aliphatic rings. The minimum atomic E-state index is -0.682. The third-order valence-electron chi connectivity index (χ3n) is 6.22. The molecule has 7 heteroatoms. The quantitative estimate of drug-likeness (QED) is 0.225. The Hall–Kier alpha value is -3.58. The molecule has 0 bridgehead atoms. The van der Waals surface area contributed by atoms with Crippen LogP contribution in [0, 0.1) is 0 Å². The molecule has 4 aromatic rings. The average Bonchev–Trinajstić information content (AvgIpc) is 3.18. The number of hydrogen-bond acceptors (Lipinski definition) is 5. The number of carbonyl (C=O) groups is 1. The van der Waals surface area contributed by atoms with Crippen LogP contribution in [0.5, 0.6) is 11.5 Å². The van der Waals surface area contributed by atoms with Crippen molar-refractivity contribution in [1.82, 2.24) is 0 Å². The van der Waals surface area contributed by atoms with Gasteiger partial charge >= 0.3 is 0 Å². The summed E-state index contributed by atoms with van der Waals surface area (Å²) in [5, 5.41) is 0.441. The van der Waals surface area contributed by atoms with Crippen LogP contribution < -0.4 is 19.8 Å². The van der Waals surface area contributed by atoms with Crippen LogP contribution in [0.3, 0.4) is 0 Å². The highest BCUT2D eigenvalue weighted by atomic mass is 79.9. The molecule has 6 nitrogen and oxygen atoms in total. The lowest BCUT2D eigenvalue weighted by Gasteiger charge is -2.26. The molecule has 0 saturated carbocycles. The molecular weight excluding hydrogens is 522 g/mol. The van der Waals surface area contributed by atoms with Crippen molar-refractivity contribution in [2.24, 2.45) is 0 Å².